The molecule has 0 unspecified atom stereocenters. The van der Waals surface area contributed by atoms with Crippen LogP contribution in [-0.4, -0.2) is 44.2 Å². The lowest BCUT2D eigenvalue weighted by Gasteiger charge is -2.30. The predicted molar refractivity (Wildman–Crippen MR) is 96.1 cm³/mol. The van der Waals surface area contributed by atoms with E-state index >= 15 is 0 Å². The zero-order valence-corrected chi connectivity index (χ0v) is 15.6. The normalized spacial score (nSPS) is 15.3. The summed E-state index contributed by atoms with van der Waals surface area (Å²) in [6.07, 6.45) is 5.29. The quantitative estimate of drug-likeness (QED) is 0.701. The summed E-state index contributed by atoms with van der Waals surface area (Å²) in [6.45, 7) is 6.89. The number of amides is 1. The Morgan fingerprint density at radius 1 is 1.07 bits per heavy atom. The number of hydrogen-bond donors (Lipinski definition) is 0. The van der Waals surface area contributed by atoms with Gasteiger partial charge in [-0.3, -0.25) is 14.8 Å². The van der Waals surface area contributed by atoms with Crippen molar-refractivity contribution >= 4 is 5.91 Å². The van der Waals surface area contributed by atoms with Gasteiger partial charge in [-0.25, -0.2) is 0 Å². The highest BCUT2D eigenvalue weighted by molar-refractivity contribution is 5.91. The molecular formula is C19H21N5O3. The maximum absolute atomic E-state index is 12.4. The molecule has 1 aliphatic rings. The van der Waals surface area contributed by atoms with Crippen molar-refractivity contribution in [3.63, 3.8) is 0 Å². The van der Waals surface area contributed by atoms with Gasteiger partial charge in [0.2, 0.25) is 5.76 Å². The minimum absolute atomic E-state index is 0.103. The summed E-state index contributed by atoms with van der Waals surface area (Å²) in [7, 11) is 0. The maximum atomic E-state index is 12.4. The number of piperidine rings is 1. The van der Waals surface area contributed by atoms with Gasteiger partial charge in [0.1, 0.15) is 5.76 Å². The Morgan fingerprint density at radius 3 is 2.41 bits per heavy atom. The minimum Gasteiger partial charge on any atom is -0.361 e. The molecule has 8 nitrogen and oxygen atoms in total. The van der Waals surface area contributed by atoms with Gasteiger partial charge in [0.25, 0.3) is 5.91 Å². The van der Waals surface area contributed by atoms with Crippen molar-refractivity contribution < 1.29 is 13.8 Å². The molecule has 0 spiro atoms. The number of aromatic nitrogens is 4. The van der Waals surface area contributed by atoms with Crippen LogP contribution in [0.25, 0.3) is 11.3 Å². The van der Waals surface area contributed by atoms with Crippen LogP contribution < -0.4 is 0 Å². The Hall–Kier alpha value is -3.03. The number of carbonyl (C=O) groups is 1. The number of likely N-dealkylation sites (tertiary alicyclic amines) is 1. The fraction of sp³-hybridized carbons (Fsp3) is 0.421. The van der Waals surface area contributed by atoms with Crippen molar-refractivity contribution in [1.82, 2.24) is 25.2 Å². The highest BCUT2D eigenvalue weighted by Crippen LogP contribution is 2.29. The number of aryl methyl sites for hydroxylation is 3. The summed E-state index contributed by atoms with van der Waals surface area (Å²) in [5.74, 6) is 1.23. The molecule has 1 aliphatic heterocycles. The van der Waals surface area contributed by atoms with Gasteiger partial charge in [-0.15, -0.1) is 0 Å². The molecule has 4 heterocycles. The van der Waals surface area contributed by atoms with Crippen molar-refractivity contribution in [3.05, 3.63) is 47.1 Å². The van der Waals surface area contributed by atoms with E-state index in [-0.39, 0.29) is 11.8 Å². The molecule has 3 aromatic rings. The third-order valence-corrected chi connectivity index (χ3v) is 5.00. The molecule has 0 bridgehead atoms. The van der Waals surface area contributed by atoms with Crippen molar-refractivity contribution in [1.29, 1.82) is 0 Å². The molecule has 0 radical (unpaired) electrons. The van der Waals surface area contributed by atoms with Crippen LogP contribution in [-0.2, 0) is 0 Å². The molecule has 1 saturated heterocycles. The summed E-state index contributed by atoms with van der Waals surface area (Å²) >= 11 is 0. The number of rotatable bonds is 3. The molecule has 0 aromatic carbocycles. The molecule has 0 saturated carbocycles. The monoisotopic (exact) mass is 367 g/mol. The first-order valence-electron chi connectivity index (χ1n) is 9.00. The van der Waals surface area contributed by atoms with Crippen molar-refractivity contribution in [3.8, 4) is 11.3 Å². The lowest BCUT2D eigenvalue weighted by molar-refractivity contribution is 0.0670. The average Bonchev–Trinajstić information content (AvgIpc) is 3.27. The molecule has 3 aromatic heterocycles. The fourth-order valence-electron chi connectivity index (χ4n) is 3.53. The van der Waals surface area contributed by atoms with E-state index in [0.717, 1.165) is 41.2 Å². The van der Waals surface area contributed by atoms with Crippen LogP contribution in [0.15, 0.2) is 27.5 Å². The minimum atomic E-state index is -0.103. The summed E-state index contributed by atoms with van der Waals surface area (Å²) < 4.78 is 10.3. The third kappa shape index (κ3) is 3.34. The van der Waals surface area contributed by atoms with E-state index in [1.807, 2.05) is 24.9 Å². The van der Waals surface area contributed by atoms with Crippen LogP contribution in [0.5, 0.6) is 0 Å². The van der Waals surface area contributed by atoms with Crippen LogP contribution in [0, 0.1) is 20.8 Å². The molecule has 1 amide bonds. The van der Waals surface area contributed by atoms with Crippen LogP contribution >= 0.6 is 0 Å². The zero-order chi connectivity index (χ0) is 19.0. The Morgan fingerprint density at radius 2 is 1.85 bits per heavy atom. The second-order valence-corrected chi connectivity index (χ2v) is 6.92. The first-order chi connectivity index (χ1) is 13.0. The second kappa shape index (κ2) is 6.94. The van der Waals surface area contributed by atoms with E-state index in [9.17, 15) is 4.79 Å². The number of carbonyl (C=O) groups excluding carboxylic acids is 1. The number of hydrogen-bond acceptors (Lipinski definition) is 7. The zero-order valence-electron chi connectivity index (χ0n) is 15.6. The first-order valence-corrected chi connectivity index (χ1v) is 9.00. The van der Waals surface area contributed by atoms with Crippen LogP contribution in [0.3, 0.4) is 0 Å². The molecule has 0 N–H and O–H groups in total. The van der Waals surface area contributed by atoms with E-state index in [4.69, 9.17) is 9.05 Å². The fourth-order valence-corrected chi connectivity index (χ4v) is 3.53. The summed E-state index contributed by atoms with van der Waals surface area (Å²) in [4.78, 5) is 23.4. The molecule has 140 valence electrons. The standard InChI is InChI=1S/C19H21N5O3/c1-11-8-17(27-22-11)19(25)24-6-4-14(5-7-24)15-9-21-16(10-20-15)18-12(2)23-26-13(18)3/h8-10,14H,4-7H2,1-3H3. The van der Waals surface area contributed by atoms with Gasteiger partial charge in [-0.2, -0.15) is 0 Å². The van der Waals surface area contributed by atoms with Gasteiger partial charge in [0.05, 0.1) is 34.5 Å². The molecule has 4 rings (SSSR count). The highest BCUT2D eigenvalue weighted by atomic mass is 16.5. The lowest BCUT2D eigenvalue weighted by Crippen LogP contribution is -2.37. The number of nitrogens with zero attached hydrogens (tertiary/aromatic N) is 5. The van der Waals surface area contributed by atoms with Gasteiger partial charge < -0.3 is 13.9 Å². The van der Waals surface area contributed by atoms with Crippen molar-refractivity contribution in [2.45, 2.75) is 39.5 Å². The van der Waals surface area contributed by atoms with Gasteiger partial charge in [-0.1, -0.05) is 10.3 Å². The Labute approximate surface area is 156 Å². The highest BCUT2D eigenvalue weighted by Gasteiger charge is 2.27. The Kier molecular flexibility index (Phi) is 4.47. The van der Waals surface area contributed by atoms with Crippen LogP contribution in [0.1, 0.15) is 52.2 Å². The van der Waals surface area contributed by atoms with Crippen molar-refractivity contribution in [2.24, 2.45) is 0 Å². The first kappa shape index (κ1) is 17.4. The van der Waals surface area contributed by atoms with Gasteiger partial charge in [0.15, 0.2) is 0 Å². The second-order valence-electron chi connectivity index (χ2n) is 6.92. The molecule has 0 atom stereocenters. The van der Waals surface area contributed by atoms with Gasteiger partial charge in [0, 0.05) is 31.3 Å². The summed E-state index contributed by atoms with van der Waals surface area (Å²) in [5.41, 5.74) is 4.14. The largest absolute Gasteiger partial charge is 0.361 e. The molecule has 8 heteroatoms. The van der Waals surface area contributed by atoms with Gasteiger partial charge >= 0.3 is 0 Å². The molecule has 27 heavy (non-hydrogen) atoms. The van der Waals surface area contributed by atoms with E-state index in [1.165, 1.54) is 0 Å². The van der Waals surface area contributed by atoms with E-state index < -0.39 is 0 Å². The van der Waals surface area contributed by atoms with E-state index in [0.29, 0.717) is 24.5 Å². The average molecular weight is 367 g/mol. The Balaban J connectivity index is 1.42. The maximum Gasteiger partial charge on any atom is 0.292 e. The molecule has 1 fully saturated rings. The smallest absolute Gasteiger partial charge is 0.292 e. The Bertz CT molecular complexity index is 933. The van der Waals surface area contributed by atoms with Gasteiger partial charge in [-0.05, 0) is 33.6 Å². The summed E-state index contributed by atoms with van der Waals surface area (Å²) in [6, 6.07) is 1.67. The predicted octanol–water partition coefficient (Wildman–Crippen LogP) is 3.06. The van der Waals surface area contributed by atoms with E-state index in [1.54, 1.807) is 19.2 Å². The van der Waals surface area contributed by atoms with Crippen LogP contribution in [0.4, 0.5) is 0 Å². The lowest BCUT2D eigenvalue weighted by atomic mass is 9.93. The van der Waals surface area contributed by atoms with Crippen LogP contribution in [0.2, 0.25) is 0 Å². The van der Waals surface area contributed by atoms with Crippen molar-refractivity contribution in [2.75, 3.05) is 13.1 Å². The summed E-state index contributed by atoms with van der Waals surface area (Å²) in [5, 5.41) is 7.75. The molecular weight excluding hydrogens is 346 g/mol. The van der Waals surface area contributed by atoms with E-state index in [2.05, 4.69) is 20.3 Å². The molecule has 0 aliphatic carbocycles. The SMILES string of the molecule is Cc1cc(C(=O)N2CCC(c3cnc(-c4c(C)noc4C)cn3)CC2)on1. The third-order valence-electron chi connectivity index (χ3n) is 5.00. The topological polar surface area (TPSA) is 98.2 Å².